The second-order valence-corrected chi connectivity index (χ2v) is 26.6. The Kier molecular flexibility index (Phi) is 13.6. The smallest absolute Gasteiger partial charge is 0.00391 e. The molecule has 0 saturated heterocycles. The van der Waals surface area contributed by atoms with Gasteiger partial charge in [0.2, 0.25) is 0 Å². The Labute approximate surface area is 400 Å². The maximum absolute atomic E-state index is 4.93. The number of benzene rings is 4. The minimum absolute atomic E-state index is 0.508. The van der Waals surface area contributed by atoms with E-state index in [1.807, 2.05) is 0 Å². The summed E-state index contributed by atoms with van der Waals surface area (Å²) in [5, 5.41) is 5.66. The van der Waals surface area contributed by atoms with Crippen LogP contribution < -0.4 is 0 Å². The van der Waals surface area contributed by atoms with Gasteiger partial charge in [0.15, 0.2) is 0 Å². The SMILES string of the molecule is C[Si]C.Cc1cc2c(-c3ccc(C45CC6CC(CC(C6)C4)C5)cc3)cccc2[cH-]1.[Cl][Zr+2][Cl].c1cc(-c2ccc(C34CC5CC(CC(C5)C3)C4)cc2)c2cc(C3CCCCC3)[cH-]c2c1. The summed E-state index contributed by atoms with van der Waals surface area (Å²) in [5.74, 6) is 6.88. The van der Waals surface area contributed by atoms with Gasteiger partial charge in [0.1, 0.15) is 0 Å². The van der Waals surface area contributed by atoms with E-state index in [0.29, 0.717) is 10.8 Å². The van der Waals surface area contributed by atoms with Crippen LogP contribution in [0.25, 0.3) is 43.8 Å². The molecular weight excluding hydrogens is 899 g/mol. The zero-order valence-corrected chi connectivity index (χ0v) is 43.2. The molecule has 9 aliphatic rings. The van der Waals surface area contributed by atoms with E-state index in [1.165, 1.54) is 159 Å². The van der Waals surface area contributed by atoms with Crippen molar-refractivity contribution in [3.8, 4) is 22.3 Å². The van der Waals surface area contributed by atoms with Crippen LogP contribution >= 0.6 is 17.0 Å². The van der Waals surface area contributed by atoms with Crippen LogP contribution in [0.5, 0.6) is 0 Å². The fourth-order valence-corrected chi connectivity index (χ4v) is 15.8. The van der Waals surface area contributed by atoms with Crippen molar-refractivity contribution < 1.29 is 20.8 Å². The summed E-state index contributed by atoms with van der Waals surface area (Å²) >= 11 is -0.826. The van der Waals surface area contributed by atoms with E-state index in [2.05, 4.69) is 129 Å². The number of hydrogen-bond donors (Lipinski definition) is 0. The summed E-state index contributed by atoms with van der Waals surface area (Å²) in [6.07, 6.45) is 24.9. The molecule has 9 fully saturated rings. The Morgan fingerprint density at radius 1 is 0.524 bits per heavy atom. The fourth-order valence-electron chi connectivity index (χ4n) is 15.8. The molecule has 0 N–H and O–H groups in total. The van der Waals surface area contributed by atoms with Crippen LogP contribution in [0.2, 0.25) is 13.1 Å². The first-order chi connectivity index (χ1) is 30.8. The summed E-state index contributed by atoms with van der Waals surface area (Å²) in [7, 11) is 11.0. The van der Waals surface area contributed by atoms with Crippen LogP contribution in [0.3, 0.4) is 0 Å². The van der Waals surface area contributed by atoms with Gasteiger partial charge in [-0.2, -0.15) is 12.1 Å². The number of aryl methyl sites for hydroxylation is 1. The van der Waals surface area contributed by atoms with Gasteiger partial charge in [0, 0.05) is 9.52 Å². The van der Waals surface area contributed by atoms with Crippen molar-refractivity contribution in [1.82, 2.24) is 0 Å². The largest absolute Gasteiger partial charge is 0.164 e. The average Bonchev–Trinajstić information content (AvgIpc) is 3.90. The molecule has 0 atom stereocenters. The summed E-state index contributed by atoms with van der Waals surface area (Å²) in [5.41, 5.74) is 12.8. The second kappa shape index (κ2) is 19.2. The third kappa shape index (κ3) is 9.14. The first kappa shape index (κ1) is 44.6. The molecule has 0 aromatic heterocycles. The number of hydrogen-bond acceptors (Lipinski definition) is 0. The number of rotatable bonds is 5. The van der Waals surface area contributed by atoms with Gasteiger partial charge in [0.25, 0.3) is 0 Å². The van der Waals surface area contributed by atoms with Crippen LogP contribution in [0.4, 0.5) is 0 Å². The summed E-state index contributed by atoms with van der Waals surface area (Å²) in [6.45, 7) is 6.50. The maximum atomic E-state index is 4.93. The first-order valence-corrected chi connectivity index (χ1v) is 33.2. The van der Waals surface area contributed by atoms with Crippen molar-refractivity contribution in [3.05, 3.63) is 131 Å². The van der Waals surface area contributed by atoms with E-state index < -0.39 is 20.8 Å². The van der Waals surface area contributed by atoms with E-state index in [4.69, 9.17) is 17.0 Å². The molecule has 326 valence electrons. The zero-order valence-electron chi connectivity index (χ0n) is 38.2. The maximum Gasteiger partial charge on any atom is -0.00391 e. The van der Waals surface area contributed by atoms with Gasteiger partial charge >= 0.3 is 37.9 Å². The van der Waals surface area contributed by atoms with E-state index in [0.717, 1.165) is 50.9 Å². The van der Waals surface area contributed by atoms with Crippen molar-refractivity contribution >= 4 is 48.1 Å². The van der Waals surface area contributed by atoms with Crippen molar-refractivity contribution in [2.24, 2.45) is 35.5 Å². The minimum Gasteiger partial charge on any atom is -0.164 e. The van der Waals surface area contributed by atoms with E-state index in [1.54, 1.807) is 16.7 Å². The molecule has 0 amide bonds. The molecule has 0 unspecified atom stereocenters. The van der Waals surface area contributed by atoms with Crippen LogP contribution in [0.1, 0.15) is 137 Å². The van der Waals surface area contributed by atoms with Gasteiger partial charge in [0.05, 0.1) is 0 Å². The molecule has 15 rings (SSSR count). The molecule has 0 aliphatic heterocycles. The third-order valence-corrected chi connectivity index (χ3v) is 17.4. The molecule has 6 aromatic carbocycles. The molecule has 0 spiro atoms. The number of fused-ring (bicyclic) bond motifs is 2. The second-order valence-electron chi connectivity index (χ2n) is 21.9. The molecule has 2 radical (unpaired) electrons. The normalized spacial score (nSPS) is 29.9. The van der Waals surface area contributed by atoms with Crippen LogP contribution in [-0.2, 0) is 31.7 Å². The molecule has 4 heteroatoms. The van der Waals surface area contributed by atoms with Crippen LogP contribution in [-0.4, -0.2) is 9.52 Å². The van der Waals surface area contributed by atoms with Crippen molar-refractivity contribution in [2.75, 3.05) is 0 Å². The average molecular weight is 967 g/mol. The Hall–Kier alpha value is -2.22. The van der Waals surface area contributed by atoms with E-state index in [-0.39, 0.29) is 0 Å². The molecule has 0 heterocycles. The monoisotopic (exact) mass is 964 g/mol. The van der Waals surface area contributed by atoms with E-state index in [9.17, 15) is 0 Å². The third-order valence-electron chi connectivity index (χ3n) is 17.4. The Morgan fingerprint density at radius 3 is 1.32 bits per heavy atom. The quantitative estimate of drug-likeness (QED) is 0.119. The first-order valence-electron chi connectivity index (χ1n) is 24.9. The summed E-state index contributed by atoms with van der Waals surface area (Å²) < 4.78 is 0. The topological polar surface area (TPSA) is 0 Å². The molecule has 9 aliphatic carbocycles. The summed E-state index contributed by atoms with van der Waals surface area (Å²) in [4.78, 5) is 0. The Bertz CT molecular complexity index is 2390. The fraction of sp³-hybridized carbons (Fsp3) is 0.492. The van der Waals surface area contributed by atoms with Gasteiger partial charge in [-0.3, -0.25) is 0 Å². The molecule has 8 bridgehead atoms. The number of halogens is 2. The van der Waals surface area contributed by atoms with Crippen molar-refractivity contribution in [3.63, 3.8) is 0 Å². The molecule has 6 aromatic rings. The van der Waals surface area contributed by atoms with Gasteiger partial charge < -0.3 is 0 Å². The molecular formula is C59H68Cl2SiZr. The van der Waals surface area contributed by atoms with Gasteiger partial charge in [-0.15, -0.1) is 69.1 Å². The molecule has 63 heavy (non-hydrogen) atoms. The Balaban J connectivity index is 0.000000135. The predicted octanol–water partition coefficient (Wildman–Crippen LogP) is 17.9. The predicted molar refractivity (Wildman–Crippen MR) is 269 cm³/mol. The molecule has 0 nitrogen and oxygen atoms in total. The zero-order chi connectivity index (χ0) is 43.1. The summed E-state index contributed by atoms with van der Waals surface area (Å²) in [6, 6.07) is 42.9. The van der Waals surface area contributed by atoms with Gasteiger partial charge in [-0.05, 0) is 164 Å². The minimum atomic E-state index is -0.826. The van der Waals surface area contributed by atoms with Crippen LogP contribution in [0, 0.1) is 42.4 Å². The van der Waals surface area contributed by atoms with Crippen LogP contribution in [0.15, 0.2) is 109 Å². The van der Waals surface area contributed by atoms with Gasteiger partial charge in [-0.25, -0.2) is 0 Å². The van der Waals surface area contributed by atoms with Crippen molar-refractivity contribution in [1.29, 1.82) is 0 Å². The standard InChI is InChI=1S/C31H35.C26H27.C2H6Si.2ClH.Zr/c1-2-5-24(6-3-1)27-16-26-7-4-8-29(30(26)17-27)25-9-11-28(12-10-25)31-18-21-13-22(19-31)15-23(14-21)20-31;1-17-9-22-3-2-4-24(25(22)10-17)21-5-7-23(8-6-21)26-14-18-11-19(15-26)13-20(12-18)16-26;1-3-2;;;/h4,7-12,16-17,21-24H,1-3,5-6,13-15,18-20H2;2-10,18-20H,11-16H2,1H3;1-2H3;2*1H;/q2*-1;;;;+4/p-2. The molecule has 9 saturated carbocycles. The van der Waals surface area contributed by atoms with Crippen molar-refractivity contribution in [2.45, 2.75) is 146 Å². The van der Waals surface area contributed by atoms with E-state index >= 15 is 0 Å². The van der Waals surface area contributed by atoms with Gasteiger partial charge in [-0.1, -0.05) is 111 Å². The Morgan fingerprint density at radius 2 is 0.905 bits per heavy atom.